The van der Waals surface area contributed by atoms with Gasteiger partial charge in [0, 0.05) is 69.4 Å². The van der Waals surface area contributed by atoms with Crippen molar-refractivity contribution >= 4 is 106 Å². The molecule has 2 aromatic heterocycles. The monoisotopic (exact) mass is 1320 g/mol. The number of nitrogens with zero attached hydrogens (tertiary/aromatic N) is 7. The van der Waals surface area contributed by atoms with Gasteiger partial charge in [0.2, 0.25) is 17.8 Å². The van der Waals surface area contributed by atoms with Crippen LogP contribution in [0.4, 0.5) is 42.3 Å². The highest BCUT2D eigenvalue weighted by Gasteiger charge is 2.30. The minimum absolute atomic E-state index is 0.000609. The third-order valence-electron chi connectivity index (χ3n) is 14.0. The van der Waals surface area contributed by atoms with E-state index in [1.165, 1.54) is 55.5 Å². The summed E-state index contributed by atoms with van der Waals surface area (Å²) in [6.45, 7) is 2.86. The van der Waals surface area contributed by atoms with E-state index in [2.05, 4.69) is 57.2 Å². The van der Waals surface area contributed by atoms with Gasteiger partial charge in [-0.15, -0.1) is 0 Å². The highest BCUT2D eigenvalue weighted by atomic mass is 16.6. The van der Waals surface area contributed by atoms with Crippen LogP contribution in [0.15, 0.2) is 85.1 Å². The number of ether oxygens (including phenoxy) is 4. The standard InChI is InChI=1S/C60H73N17O18/c1-33(2)46(72-58(89)93-28-27-92-26-25-77-44(78)19-20-45(77)79)53(83)70-42(7-5-22-65-57(63)88)52(82)69-37-13-9-34(10-14-37)32-94-59(90)75(3)23-24-76(4)60(91)95-39-17-18-40(54(84)85)41(29-39)51(81)64-21-6-8-43(55(86)87)71-50(80)35-11-15-36(16-12-35)66-30-38-31-67-49-47(68-38)48(61)73-56(62)74-49/h9-20,29,31,33,42-43,46,66H,5-8,21-28,30,32H2,1-4H3,(H,64,81)(H,69,82)(H,70,83)(H,71,80)(H,72,89)(H,84,85)(H,86,87)(H3,63,65,88)(H4,61,62,67,73,74)/t42-,43-,46-/m0/s1. The summed E-state index contributed by atoms with van der Waals surface area (Å²) in [5.41, 5.74) is 18.5. The zero-order chi connectivity index (χ0) is 69.3. The SMILES string of the molecule is CC(C)[C@H](NC(=O)OCCOCCN1C(=O)C=CC1=O)C(=O)N[C@@H](CCCNC(N)=O)C(=O)Nc1ccc(COC(=O)N(C)CCN(C)C(=O)Oc2ccc(C(=O)O)c(C(=O)NCCC[C@H](NC(=O)c3ccc(NCc4cnc5nc(N)nc(N)c5n4)cc3)C(=O)O)c2)cc1. The summed E-state index contributed by atoms with van der Waals surface area (Å²) in [5, 5.41) is 38.1. The number of anilines is 4. The number of amides is 11. The number of benzene rings is 3. The first-order valence-electron chi connectivity index (χ1n) is 29.4. The number of urea groups is 1. The van der Waals surface area contributed by atoms with Crippen LogP contribution in [0, 0.1) is 5.92 Å². The maximum absolute atomic E-state index is 13.6. The Kier molecular flexibility index (Phi) is 26.7. The number of likely N-dealkylation sites (N-methyl/N-ethyl adjacent to an activating group) is 2. The molecule has 0 spiro atoms. The number of rotatable bonds is 34. The molecule has 6 rings (SSSR count). The van der Waals surface area contributed by atoms with Crippen LogP contribution in [0.3, 0.4) is 0 Å². The Morgan fingerprint density at radius 2 is 1.34 bits per heavy atom. The zero-order valence-electron chi connectivity index (χ0n) is 52.1. The fourth-order valence-corrected chi connectivity index (χ4v) is 8.75. The van der Waals surface area contributed by atoms with Gasteiger partial charge in [0.15, 0.2) is 17.0 Å². The van der Waals surface area contributed by atoms with Gasteiger partial charge in [-0.25, -0.2) is 38.7 Å². The number of aromatic carboxylic acids is 1. The lowest BCUT2D eigenvalue weighted by Gasteiger charge is -2.25. The van der Waals surface area contributed by atoms with E-state index in [1.54, 1.807) is 38.1 Å². The Hall–Kier alpha value is -11.8. The van der Waals surface area contributed by atoms with Crippen molar-refractivity contribution < 1.29 is 86.7 Å². The Bertz CT molecular complexity index is 3650. The number of hydrogen-bond donors (Lipinski definition) is 12. The average Bonchev–Trinajstić information content (AvgIpc) is 1.35. The third-order valence-corrected chi connectivity index (χ3v) is 14.0. The predicted octanol–water partition coefficient (Wildman–Crippen LogP) is 1.55. The van der Waals surface area contributed by atoms with E-state index >= 15 is 0 Å². The summed E-state index contributed by atoms with van der Waals surface area (Å²) in [7, 11) is 2.78. The number of aromatic nitrogens is 4. The van der Waals surface area contributed by atoms with Crippen molar-refractivity contribution in [1.82, 2.24) is 61.2 Å². The number of fused-ring (bicyclic) bond motifs is 1. The van der Waals surface area contributed by atoms with E-state index in [0.717, 1.165) is 34.1 Å². The molecule has 0 radical (unpaired) electrons. The number of nitrogen functional groups attached to an aromatic ring is 2. The summed E-state index contributed by atoms with van der Waals surface area (Å²) in [4.78, 5) is 171. The molecule has 1 aliphatic heterocycles. The maximum Gasteiger partial charge on any atom is 0.415 e. The molecule has 35 heteroatoms. The second-order valence-electron chi connectivity index (χ2n) is 21.4. The van der Waals surface area contributed by atoms with Crippen LogP contribution in [0.25, 0.3) is 11.2 Å². The van der Waals surface area contributed by atoms with Crippen molar-refractivity contribution in [3.05, 3.63) is 113 Å². The van der Waals surface area contributed by atoms with Crippen molar-refractivity contribution in [2.24, 2.45) is 11.7 Å². The van der Waals surface area contributed by atoms with Gasteiger partial charge in [-0.05, 0) is 91.8 Å². The molecule has 15 N–H and O–H groups in total. The first kappa shape index (κ1) is 72.3. The maximum atomic E-state index is 13.6. The molecule has 0 aliphatic carbocycles. The molecule has 3 atom stereocenters. The molecular formula is C60H73N17O18. The highest BCUT2D eigenvalue weighted by molar-refractivity contribution is 6.13. The van der Waals surface area contributed by atoms with Crippen LogP contribution < -0.4 is 59.2 Å². The summed E-state index contributed by atoms with van der Waals surface area (Å²) >= 11 is 0. The van der Waals surface area contributed by atoms with E-state index in [-0.39, 0.29) is 131 Å². The molecular weight excluding hydrogens is 1250 g/mol. The Morgan fingerprint density at radius 3 is 1.99 bits per heavy atom. The van der Waals surface area contributed by atoms with E-state index < -0.39 is 101 Å². The minimum Gasteiger partial charge on any atom is -0.480 e. The van der Waals surface area contributed by atoms with Gasteiger partial charge in [0.25, 0.3) is 23.6 Å². The molecule has 1 aliphatic rings. The van der Waals surface area contributed by atoms with Gasteiger partial charge in [-0.3, -0.25) is 33.7 Å². The minimum atomic E-state index is -1.47. The molecule has 5 aromatic rings. The van der Waals surface area contributed by atoms with E-state index in [9.17, 15) is 67.7 Å². The van der Waals surface area contributed by atoms with E-state index in [4.69, 9.17) is 36.1 Å². The molecule has 0 bridgehead atoms. The van der Waals surface area contributed by atoms with Crippen molar-refractivity contribution in [2.75, 3.05) is 88.7 Å². The second-order valence-corrected chi connectivity index (χ2v) is 21.4. The number of carboxylic acids is 2. The molecule has 0 unspecified atom stereocenters. The summed E-state index contributed by atoms with van der Waals surface area (Å²) in [6.07, 6.45) is 1.27. The molecule has 3 heterocycles. The van der Waals surface area contributed by atoms with Crippen LogP contribution in [-0.4, -0.2) is 201 Å². The van der Waals surface area contributed by atoms with Gasteiger partial charge < -0.3 is 93.4 Å². The molecule has 11 amide bonds. The first-order valence-corrected chi connectivity index (χ1v) is 29.4. The van der Waals surface area contributed by atoms with Crippen molar-refractivity contribution in [2.45, 2.75) is 70.8 Å². The first-order chi connectivity index (χ1) is 45.3. The number of primary amides is 1. The topological polar surface area (TPSA) is 506 Å². The molecule has 35 nitrogen and oxygen atoms in total. The molecule has 506 valence electrons. The fraction of sp³-hybridized carbons (Fsp3) is 0.367. The lowest BCUT2D eigenvalue weighted by atomic mass is 10.0. The number of aliphatic carboxylic acids is 1. The number of imide groups is 1. The van der Waals surface area contributed by atoms with Crippen LogP contribution in [-0.2, 0) is 51.3 Å². The zero-order valence-corrected chi connectivity index (χ0v) is 52.1. The Morgan fingerprint density at radius 1 is 0.684 bits per heavy atom. The second kappa shape index (κ2) is 35.1. The number of carboxylic acid groups (broad SMARTS) is 2. The average molecular weight is 1320 g/mol. The highest BCUT2D eigenvalue weighted by Crippen LogP contribution is 2.21. The van der Waals surface area contributed by atoms with Crippen LogP contribution >= 0.6 is 0 Å². The van der Waals surface area contributed by atoms with Gasteiger partial charge in [0.05, 0.1) is 49.3 Å². The van der Waals surface area contributed by atoms with Crippen LogP contribution in [0.1, 0.15) is 81.9 Å². The van der Waals surface area contributed by atoms with Crippen molar-refractivity contribution in [3.63, 3.8) is 0 Å². The summed E-state index contributed by atoms with van der Waals surface area (Å²) < 4.78 is 21.4. The Balaban J connectivity index is 0.907. The van der Waals surface area contributed by atoms with E-state index in [1.807, 2.05) is 0 Å². The fourth-order valence-electron chi connectivity index (χ4n) is 8.75. The van der Waals surface area contributed by atoms with Crippen LogP contribution in [0.2, 0.25) is 0 Å². The summed E-state index contributed by atoms with van der Waals surface area (Å²) in [5.74, 6) is -7.29. The Labute approximate surface area is 542 Å². The number of nitrogens with two attached hydrogens (primary N) is 3. The molecule has 0 fully saturated rings. The van der Waals surface area contributed by atoms with Gasteiger partial charge in [0.1, 0.15) is 37.1 Å². The third kappa shape index (κ3) is 22.5. The number of nitrogens with one attached hydrogen (secondary N) is 7. The largest absolute Gasteiger partial charge is 0.480 e. The molecule has 3 aromatic carbocycles. The van der Waals surface area contributed by atoms with Crippen molar-refractivity contribution in [3.8, 4) is 5.75 Å². The lowest BCUT2D eigenvalue weighted by molar-refractivity contribution is -0.140. The smallest absolute Gasteiger partial charge is 0.415 e. The number of hydrogen-bond acceptors (Lipinski definition) is 23. The summed E-state index contributed by atoms with van der Waals surface area (Å²) in [6, 6.07) is 11.2. The van der Waals surface area contributed by atoms with Crippen molar-refractivity contribution in [1.29, 1.82) is 0 Å². The normalized spacial score (nSPS) is 12.6. The van der Waals surface area contributed by atoms with Gasteiger partial charge in [-0.1, -0.05) is 26.0 Å². The lowest BCUT2D eigenvalue weighted by Crippen LogP contribution is -2.54. The van der Waals surface area contributed by atoms with Crippen LogP contribution in [0.5, 0.6) is 5.75 Å². The molecule has 95 heavy (non-hydrogen) atoms. The number of carbonyl (C=O) groups excluding carboxylic acids is 10. The van der Waals surface area contributed by atoms with Gasteiger partial charge in [-0.2, -0.15) is 9.97 Å². The van der Waals surface area contributed by atoms with Gasteiger partial charge >= 0.3 is 36.2 Å². The molecule has 0 saturated carbocycles. The molecule has 0 saturated heterocycles. The quantitative estimate of drug-likeness (QED) is 0.0205. The predicted molar refractivity (Wildman–Crippen MR) is 337 cm³/mol. The number of alkyl carbamates (subject to hydrolysis) is 1. The number of carbonyl (C=O) groups is 12. The van der Waals surface area contributed by atoms with E-state index in [0.29, 0.717) is 22.6 Å².